The molecular weight excluding hydrogens is 228 g/mol. The molecule has 100 valence electrons. The molecule has 2 fully saturated rings. The normalized spacial score (nSPS) is 27.6. The van der Waals surface area contributed by atoms with Crippen LogP contribution in [0, 0.1) is 22.7 Å². The maximum Gasteiger partial charge on any atom is 0.243 e. The van der Waals surface area contributed by atoms with E-state index in [-0.39, 0.29) is 5.91 Å². The summed E-state index contributed by atoms with van der Waals surface area (Å²) in [5.41, 5.74) is -0.812. The minimum Gasteiger partial charge on any atom is -0.381 e. The monoisotopic (exact) mass is 250 g/mol. The number of nitriles is 1. The Morgan fingerprint density at radius 2 is 2.22 bits per heavy atom. The molecule has 0 N–H and O–H groups in total. The Morgan fingerprint density at radius 3 is 2.83 bits per heavy atom. The van der Waals surface area contributed by atoms with E-state index in [0.717, 1.165) is 25.9 Å². The van der Waals surface area contributed by atoms with E-state index in [4.69, 9.17) is 4.74 Å². The molecule has 2 rings (SSSR count). The van der Waals surface area contributed by atoms with Crippen LogP contribution in [-0.4, -0.2) is 37.1 Å². The van der Waals surface area contributed by atoms with Crippen LogP contribution < -0.4 is 0 Å². The van der Waals surface area contributed by atoms with Gasteiger partial charge in [0.1, 0.15) is 5.41 Å². The van der Waals surface area contributed by atoms with Gasteiger partial charge in [0.15, 0.2) is 0 Å². The highest BCUT2D eigenvalue weighted by atomic mass is 16.5. The van der Waals surface area contributed by atoms with E-state index in [1.54, 1.807) is 0 Å². The molecule has 1 amide bonds. The van der Waals surface area contributed by atoms with E-state index in [9.17, 15) is 10.1 Å². The van der Waals surface area contributed by atoms with Crippen LogP contribution >= 0.6 is 0 Å². The van der Waals surface area contributed by atoms with Gasteiger partial charge < -0.3 is 9.64 Å². The van der Waals surface area contributed by atoms with Gasteiger partial charge in [-0.2, -0.15) is 5.26 Å². The summed E-state index contributed by atoms with van der Waals surface area (Å²) in [6.07, 6.45) is 4.50. The summed E-state index contributed by atoms with van der Waals surface area (Å²) in [6.45, 7) is 4.89. The van der Waals surface area contributed by atoms with Gasteiger partial charge >= 0.3 is 0 Å². The Labute approximate surface area is 109 Å². The Balaban J connectivity index is 2.07. The first-order valence-electron chi connectivity index (χ1n) is 7.00. The Hall–Kier alpha value is -1.08. The first kappa shape index (κ1) is 13.4. The average molecular weight is 250 g/mol. The summed E-state index contributed by atoms with van der Waals surface area (Å²) in [4.78, 5) is 14.5. The average Bonchev–Trinajstić information content (AvgIpc) is 2.47. The van der Waals surface area contributed by atoms with Crippen molar-refractivity contribution in [3.05, 3.63) is 0 Å². The number of nitrogens with zero attached hydrogens (tertiary/aromatic N) is 2. The summed E-state index contributed by atoms with van der Waals surface area (Å²) >= 11 is 0. The molecule has 2 saturated heterocycles. The van der Waals surface area contributed by atoms with Gasteiger partial charge in [0.05, 0.1) is 6.07 Å². The van der Waals surface area contributed by atoms with E-state index in [1.807, 2.05) is 4.90 Å². The summed E-state index contributed by atoms with van der Waals surface area (Å²) in [5.74, 6) is 0.657. The summed E-state index contributed by atoms with van der Waals surface area (Å²) in [7, 11) is 0. The highest BCUT2D eigenvalue weighted by Crippen LogP contribution is 2.33. The van der Waals surface area contributed by atoms with Crippen molar-refractivity contribution >= 4 is 5.91 Å². The van der Waals surface area contributed by atoms with Crippen molar-refractivity contribution in [2.75, 3.05) is 26.3 Å². The van der Waals surface area contributed by atoms with E-state index in [0.29, 0.717) is 32.0 Å². The SMILES string of the molecule is CCC1CCCN(C(=O)C2(C#N)CCOCC2)C1. The lowest BCUT2D eigenvalue weighted by atomic mass is 9.79. The molecule has 0 bridgehead atoms. The molecule has 0 aromatic carbocycles. The van der Waals surface area contributed by atoms with Crippen molar-refractivity contribution in [1.29, 1.82) is 5.26 Å². The van der Waals surface area contributed by atoms with Crippen LogP contribution in [-0.2, 0) is 9.53 Å². The van der Waals surface area contributed by atoms with Crippen molar-refractivity contribution in [2.45, 2.75) is 39.0 Å². The molecule has 1 unspecified atom stereocenters. The topological polar surface area (TPSA) is 53.3 Å². The Bertz CT molecular complexity index is 342. The molecule has 4 heteroatoms. The Kier molecular flexibility index (Phi) is 4.23. The van der Waals surface area contributed by atoms with Crippen molar-refractivity contribution < 1.29 is 9.53 Å². The molecule has 0 aromatic rings. The van der Waals surface area contributed by atoms with Gasteiger partial charge in [-0.25, -0.2) is 0 Å². The summed E-state index contributed by atoms with van der Waals surface area (Å²) in [5, 5.41) is 9.41. The van der Waals surface area contributed by atoms with Gasteiger partial charge in [-0.3, -0.25) is 4.79 Å². The maximum atomic E-state index is 12.6. The van der Waals surface area contributed by atoms with Crippen LogP contribution in [0.4, 0.5) is 0 Å². The van der Waals surface area contributed by atoms with Gasteiger partial charge in [-0.15, -0.1) is 0 Å². The minimum atomic E-state index is -0.812. The zero-order valence-electron chi connectivity index (χ0n) is 11.2. The molecule has 2 aliphatic rings. The summed E-state index contributed by atoms with van der Waals surface area (Å²) in [6, 6.07) is 2.28. The molecule has 2 aliphatic heterocycles. The van der Waals surface area contributed by atoms with Crippen LogP contribution in [0.1, 0.15) is 39.0 Å². The van der Waals surface area contributed by atoms with Gasteiger partial charge in [-0.05, 0) is 31.6 Å². The maximum absolute atomic E-state index is 12.6. The van der Waals surface area contributed by atoms with Crippen molar-refractivity contribution in [3.63, 3.8) is 0 Å². The van der Waals surface area contributed by atoms with Crippen LogP contribution in [0.2, 0.25) is 0 Å². The fraction of sp³-hybridized carbons (Fsp3) is 0.857. The van der Waals surface area contributed by atoms with Crippen LogP contribution in [0.15, 0.2) is 0 Å². The highest BCUT2D eigenvalue weighted by Gasteiger charge is 2.43. The zero-order valence-corrected chi connectivity index (χ0v) is 11.2. The predicted molar refractivity (Wildman–Crippen MR) is 67.7 cm³/mol. The fourth-order valence-electron chi connectivity index (χ4n) is 2.98. The molecule has 4 nitrogen and oxygen atoms in total. The highest BCUT2D eigenvalue weighted by molar-refractivity contribution is 5.85. The number of amides is 1. The number of likely N-dealkylation sites (tertiary alicyclic amines) is 1. The molecule has 1 atom stereocenters. The molecular formula is C14H22N2O2. The smallest absolute Gasteiger partial charge is 0.243 e. The molecule has 0 saturated carbocycles. The number of hydrogen-bond acceptors (Lipinski definition) is 3. The minimum absolute atomic E-state index is 0.0476. The van der Waals surface area contributed by atoms with Crippen LogP contribution in [0.3, 0.4) is 0 Å². The number of rotatable bonds is 2. The third-order valence-corrected chi connectivity index (χ3v) is 4.35. The molecule has 0 spiro atoms. The number of carbonyl (C=O) groups is 1. The van der Waals surface area contributed by atoms with Gasteiger partial charge in [0.25, 0.3) is 0 Å². The second kappa shape index (κ2) is 5.71. The molecule has 18 heavy (non-hydrogen) atoms. The third-order valence-electron chi connectivity index (χ3n) is 4.35. The van der Waals surface area contributed by atoms with E-state index in [2.05, 4.69) is 13.0 Å². The first-order chi connectivity index (χ1) is 8.72. The lowest BCUT2D eigenvalue weighted by Crippen LogP contribution is -2.49. The number of hydrogen-bond donors (Lipinski definition) is 0. The van der Waals surface area contributed by atoms with E-state index < -0.39 is 5.41 Å². The first-order valence-corrected chi connectivity index (χ1v) is 7.00. The second-order valence-electron chi connectivity index (χ2n) is 5.47. The van der Waals surface area contributed by atoms with E-state index >= 15 is 0 Å². The zero-order chi connectivity index (χ0) is 13.0. The van der Waals surface area contributed by atoms with Crippen molar-refractivity contribution in [1.82, 2.24) is 4.90 Å². The van der Waals surface area contributed by atoms with Crippen molar-refractivity contribution in [3.8, 4) is 6.07 Å². The van der Waals surface area contributed by atoms with Gasteiger partial charge in [0.2, 0.25) is 5.91 Å². The summed E-state index contributed by atoms with van der Waals surface area (Å²) < 4.78 is 5.28. The number of ether oxygens (including phenoxy) is 1. The molecule has 0 aliphatic carbocycles. The predicted octanol–water partition coefficient (Wildman–Crippen LogP) is 1.96. The van der Waals surface area contributed by atoms with Crippen LogP contribution in [0.5, 0.6) is 0 Å². The van der Waals surface area contributed by atoms with Gasteiger partial charge in [0, 0.05) is 26.3 Å². The number of carbonyl (C=O) groups excluding carboxylic acids is 1. The molecule has 2 heterocycles. The number of piperidine rings is 1. The standard InChI is InChI=1S/C14H22N2O2/c1-2-12-4-3-7-16(10-12)13(17)14(11-15)5-8-18-9-6-14/h12H,2-10H2,1H3. The van der Waals surface area contributed by atoms with E-state index in [1.165, 1.54) is 6.42 Å². The Morgan fingerprint density at radius 1 is 1.50 bits per heavy atom. The third kappa shape index (κ3) is 2.51. The van der Waals surface area contributed by atoms with Gasteiger partial charge in [-0.1, -0.05) is 13.3 Å². The molecule has 0 radical (unpaired) electrons. The lowest BCUT2D eigenvalue weighted by molar-refractivity contribution is -0.145. The largest absolute Gasteiger partial charge is 0.381 e. The van der Waals surface area contributed by atoms with Crippen molar-refractivity contribution in [2.24, 2.45) is 11.3 Å². The fourth-order valence-corrected chi connectivity index (χ4v) is 2.98. The molecule has 0 aromatic heterocycles. The second-order valence-corrected chi connectivity index (χ2v) is 5.47. The van der Waals surface area contributed by atoms with Crippen LogP contribution in [0.25, 0.3) is 0 Å². The lowest BCUT2D eigenvalue weighted by Gasteiger charge is -2.38. The quantitative estimate of drug-likeness (QED) is 0.752.